The summed E-state index contributed by atoms with van der Waals surface area (Å²) in [5.41, 5.74) is 1.47. The van der Waals surface area contributed by atoms with Gasteiger partial charge in [-0.05, 0) is 90.6 Å². The van der Waals surface area contributed by atoms with Crippen LogP contribution in [0.25, 0.3) is 0 Å². The summed E-state index contributed by atoms with van der Waals surface area (Å²) in [6.07, 6.45) is -0.216. The zero-order valence-electron chi connectivity index (χ0n) is 27.6. The number of hydrogen-bond acceptors (Lipinski definition) is 7. The second-order valence-electron chi connectivity index (χ2n) is 12.6. The number of nitrogens with one attached hydrogen (secondary N) is 2. The number of hydrogen-bond donors (Lipinski definition) is 3. The maximum atomic E-state index is 14.7. The van der Waals surface area contributed by atoms with Crippen LogP contribution in [-0.2, 0) is 30.3 Å². The van der Waals surface area contributed by atoms with Gasteiger partial charge < -0.3 is 30.1 Å². The Labute approximate surface area is 261 Å². The Bertz CT molecular complexity index is 1300. The summed E-state index contributed by atoms with van der Waals surface area (Å²) in [5.74, 6) is -1.31. The van der Waals surface area contributed by atoms with Crippen LogP contribution in [0.3, 0.4) is 0 Å². The van der Waals surface area contributed by atoms with Crippen molar-refractivity contribution < 1.29 is 33.8 Å². The normalized spacial score (nSPS) is 12.9. The van der Waals surface area contributed by atoms with Gasteiger partial charge >= 0.3 is 12.1 Å². The molecule has 3 amide bonds. The van der Waals surface area contributed by atoms with E-state index in [9.17, 15) is 24.3 Å². The molecule has 0 saturated heterocycles. The molecule has 0 spiro atoms. The number of amides is 3. The molecule has 2 rings (SSSR count). The molecule has 10 nitrogen and oxygen atoms in total. The maximum absolute atomic E-state index is 14.7. The first kappa shape index (κ1) is 36.1. The predicted molar refractivity (Wildman–Crippen MR) is 169 cm³/mol. The van der Waals surface area contributed by atoms with E-state index in [2.05, 4.69) is 10.6 Å². The molecule has 0 radical (unpaired) electrons. The van der Waals surface area contributed by atoms with Gasteiger partial charge in [-0.15, -0.1) is 0 Å². The Hall–Kier alpha value is -4.08. The van der Waals surface area contributed by atoms with Gasteiger partial charge in [-0.3, -0.25) is 14.4 Å². The number of rotatable bonds is 13. The summed E-state index contributed by atoms with van der Waals surface area (Å²) in [6.45, 7) is 16.7. The monoisotopic (exact) mass is 611 g/mol. The van der Waals surface area contributed by atoms with Crippen LogP contribution in [0, 0.1) is 13.8 Å². The molecule has 242 valence electrons. The molecule has 44 heavy (non-hydrogen) atoms. The molecule has 3 N–H and O–H groups in total. The lowest BCUT2D eigenvalue weighted by Gasteiger charge is -2.45. The number of carbonyl (C=O) groups is 4. The Morgan fingerprint density at radius 1 is 0.955 bits per heavy atom. The molecular weight excluding hydrogens is 562 g/mol. The van der Waals surface area contributed by atoms with Gasteiger partial charge in [-0.1, -0.05) is 42.8 Å². The highest BCUT2D eigenvalue weighted by atomic mass is 16.6. The van der Waals surface area contributed by atoms with Crippen molar-refractivity contribution in [3.8, 4) is 5.75 Å². The average molecular weight is 612 g/mol. The van der Waals surface area contributed by atoms with Crippen molar-refractivity contribution in [3.63, 3.8) is 0 Å². The summed E-state index contributed by atoms with van der Waals surface area (Å²) < 4.78 is 10.5. The highest BCUT2D eigenvalue weighted by molar-refractivity contribution is 5.93. The van der Waals surface area contributed by atoms with Crippen LogP contribution >= 0.6 is 0 Å². The average Bonchev–Trinajstić information content (AvgIpc) is 2.91. The first-order chi connectivity index (χ1) is 20.5. The van der Waals surface area contributed by atoms with Crippen LogP contribution in [0.1, 0.15) is 89.6 Å². The third kappa shape index (κ3) is 10.6. The van der Waals surface area contributed by atoms with Crippen molar-refractivity contribution in [1.29, 1.82) is 0 Å². The summed E-state index contributed by atoms with van der Waals surface area (Å²) in [7, 11) is 0. The van der Waals surface area contributed by atoms with Gasteiger partial charge in [-0.2, -0.15) is 0 Å². The maximum Gasteiger partial charge on any atom is 0.408 e. The van der Waals surface area contributed by atoms with Crippen molar-refractivity contribution in [3.05, 3.63) is 64.7 Å². The number of phenolic OH excluding ortho intramolecular Hbond substituents is 1. The lowest BCUT2D eigenvalue weighted by Crippen LogP contribution is -2.60. The number of nitrogens with zero attached hydrogens (tertiary/aromatic N) is 1. The molecule has 0 saturated carbocycles. The van der Waals surface area contributed by atoms with Gasteiger partial charge in [0.05, 0.1) is 13.0 Å². The van der Waals surface area contributed by atoms with Gasteiger partial charge in [0.1, 0.15) is 23.4 Å². The number of benzene rings is 2. The molecule has 0 aromatic heterocycles. The van der Waals surface area contributed by atoms with E-state index < -0.39 is 47.1 Å². The van der Waals surface area contributed by atoms with E-state index >= 15 is 0 Å². The van der Waals surface area contributed by atoms with Gasteiger partial charge in [0.2, 0.25) is 11.8 Å². The standard InChI is InChI=1S/C34H49N3O7/c1-10-34(8,9)37(29(26-17-12-22(3)20-23(26)4)30(40)35-19-18-28(39)43-11-2)31(41)27(36-32(42)44-33(5,6)7)21-24-13-15-25(38)16-14-24/h12-17,20,27,29,38H,10-11,18-19,21H2,1-9H3,(H,35,40)(H,36,42). The van der Waals surface area contributed by atoms with Crippen LogP contribution < -0.4 is 10.6 Å². The van der Waals surface area contributed by atoms with Crippen LogP contribution in [0.2, 0.25) is 0 Å². The molecule has 2 atom stereocenters. The minimum atomic E-state index is -1.11. The van der Waals surface area contributed by atoms with E-state index in [4.69, 9.17) is 9.47 Å². The second kappa shape index (κ2) is 15.6. The molecule has 2 aromatic carbocycles. The Balaban J connectivity index is 2.65. The summed E-state index contributed by atoms with van der Waals surface area (Å²) in [6, 6.07) is 9.84. The van der Waals surface area contributed by atoms with Crippen molar-refractivity contribution in [2.24, 2.45) is 0 Å². The van der Waals surface area contributed by atoms with Gasteiger partial charge in [0.15, 0.2) is 0 Å². The van der Waals surface area contributed by atoms with E-state index in [1.165, 1.54) is 17.0 Å². The number of aryl methyl sites for hydroxylation is 2. The fourth-order valence-electron chi connectivity index (χ4n) is 4.78. The van der Waals surface area contributed by atoms with E-state index in [0.717, 1.165) is 11.1 Å². The van der Waals surface area contributed by atoms with Crippen molar-refractivity contribution >= 4 is 23.9 Å². The predicted octanol–water partition coefficient (Wildman–Crippen LogP) is 5.27. The van der Waals surface area contributed by atoms with Crippen LogP contribution in [0.4, 0.5) is 4.79 Å². The third-order valence-corrected chi connectivity index (χ3v) is 7.28. The summed E-state index contributed by atoms with van der Waals surface area (Å²) in [4.78, 5) is 55.3. The Morgan fingerprint density at radius 3 is 2.14 bits per heavy atom. The van der Waals surface area contributed by atoms with Crippen molar-refractivity contribution in [2.75, 3.05) is 13.2 Å². The molecule has 0 fully saturated rings. The SMILES string of the molecule is CCOC(=O)CCNC(=O)C(c1ccc(C)cc1C)N(C(=O)C(Cc1ccc(O)cc1)NC(=O)OC(C)(C)C)C(C)(C)CC. The smallest absolute Gasteiger partial charge is 0.408 e. The third-order valence-electron chi connectivity index (χ3n) is 7.28. The zero-order valence-corrected chi connectivity index (χ0v) is 27.6. The van der Waals surface area contributed by atoms with Crippen molar-refractivity contribution in [2.45, 2.75) is 105 Å². The molecule has 2 aromatic rings. The number of esters is 1. The number of aromatic hydroxyl groups is 1. The van der Waals surface area contributed by atoms with Gasteiger partial charge in [0, 0.05) is 18.5 Å². The minimum Gasteiger partial charge on any atom is -0.508 e. The van der Waals surface area contributed by atoms with Gasteiger partial charge in [0.25, 0.3) is 0 Å². The Morgan fingerprint density at radius 2 is 1.59 bits per heavy atom. The molecule has 0 bridgehead atoms. The largest absolute Gasteiger partial charge is 0.508 e. The second-order valence-corrected chi connectivity index (χ2v) is 12.6. The first-order valence-corrected chi connectivity index (χ1v) is 15.1. The van der Waals surface area contributed by atoms with E-state index in [1.807, 2.05) is 52.8 Å². The number of phenols is 1. The number of carbonyl (C=O) groups excluding carboxylic acids is 4. The number of alkyl carbamates (subject to hydrolysis) is 1. The minimum absolute atomic E-state index is 0.0199. The summed E-state index contributed by atoms with van der Waals surface area (Å²) in [5, 5.41) is 15.4. The molecule has 10 heteroatoms. The molecule has 0 aliphatic rings. The quantitative estimate of drug-likeness (QED) is 0.263. The molecule has 0 heterocycles. The molecule has 0 aliphatic heterocycles. The van der Waals surface area contributed by atoms with Crippen molar-refractivity contribution in [1.82, 2.24) is 15.5 Å². The van der Waals surface area contributed by atoms with Crippen LogP contribution in [0.5, 0.6) is 5.75 Å². The fourth-order valence-corrected chi connectivity index (χ4v) is 4.78. The molecular formula is C34H49N3O7. The van der Waals surface area contributed by atoms with Gasteiger partial charge in [-0.25, -0.2) is 4.79 Å². The lowest BCUT2D eigenvalue weighted by molar-refractivity contribution is -0.149. The van der Waals surface area contributed by atoms with E-state index in [1.54, 1.807) is 39.8 Å². The lowest BCUT2D eigenvalue weighted by atomic mass is 9.89. The Kier molecular flexibility index (Phi) is 12.8. The highest BCUT2D eigenvalue weighted by Crippen LogP contribution is 2.34. The van der Waals surface area contributed by atoms with E-state index in [-0.39, 0.29) is 31.7 Å². The fraction of sp³-hybridized carbons (Fsp3) is 0.529. The summed E-state index contributed by atoms with van der Waals surface area (Å²) >= 11 is 0. The zero-order chi connectivity index (χ0) is 33.2. The first-order valence-electron chi connectivity index (χ1n) is 15.1. The topological polar surface area (TPSA) is 134 Å². The number of ether oxygens (including phenoxy) is 2. The van der Waals surface area contributed by atoms with Crippen LogP contribution in [0.15, 0.2) is 42.5 Å². The molecule has 0 aliphatic carbocycles. The van der Waals surface area contributed by atoms with E-state index in [0.29, 0.717) is 17.5 Å². The molecule has 2 unspecified atom stereocenters. The highest BCUT2D eigenvalue weighted by Gasteiger charge is 2.43. The van der Waals surface area contributed by atoms with Crippen LogP contribution in [-0.4, -0.2) is 64.2 Å².